The minimum absolute atomic E-state index is 0.143. The second-order valence-corrected chi connectivity index (χ2v) is 7.30. The van der Waals surface area contributed by atoms with Crippen LogP contribution in [0.2, 0.25) is 5.02 Å². The van der Waals surface area contributed by atoms with Gasteiger partial charge in [0.1, 0.15) is 11.7 Å². The zero-order chi connectivity index (χ0) is 16.0. The Bertz CT molecular complexity index is 591. The Morgan fingerprint density at radius 2 is 2.23 bits per heavy atom. The van der Waals surface area contributed by atoms with Gasteiger partial charge in [0.25, 0.3) is 0 Å². The number of anilines is 1. The Kier molecular flexibility index (Phi) is 3.86. The predicted octanol–water partition coefficient (Wildman–Crippen LogP) is 4.62. The van der Waals surface area contributed by atoms with Gasteiger partial charge >= 0.3 is 6.09 Å². The molecule has 2 bridgehead atoms. The first-order chi connectivity index (χ1) is 10.3. The molecule has 0 aromatic heterocycles. The number of halogens is 1. The number of carbonyl (C=O) groups is 1. The molecule has 3 atom stereocenters. The van der Waals surface area contributed by atoms with E-state index in [0.29, 0.717) is 16.6 Å². The molecule has 5 heteroatoms. The molecule has 1 aromatic carbocycles. The standard InChI is InChI=1S/C17H22ClNO3/c1-11(2)17-8-7-16(3,22-17)14(10-17)21-15(20)19-13-6-4-5-12(18)9-13/h4-6,9,11,14H,7-8,10H2,1-3H3,(H,19,20)/t14-,16+,17-/m1/s1. The lowest BCUT2D eigenvalue weighted by Crippen LogP contribution is -2.40. The van der Waals surface area contributed by atoms with Gasteiger partial charge in [0.05, 0.1) is 5.60 Å². The van der Waals surface area contributed by atoms with E-state index in [9.17, 15) is 4.79 Å². The Morgan fingerprint density at radius 1 is 1.45 bits per heavy atom. The summed E-state index contributed by atoms with van der Waals surface area (Å²) in [5.41, 5.74) is 0.122. The Labute approximate surface area is 136 Å². The predicted molar refractivity (Wildman–Crippen MR) is 86.3 cm³/mol. The lowest BCUT2D eigenvalue weighted by molar-refractivity contribution is -0.0807. The minimum atomic E-state index is -0.455. The molecule has 0 aliphatic carbocycles. The molecule has 2 aliphatic rings. The number of hydrogen-bond donors (Lipinski definition) is 1. The highest BCUT2D eigenvalue weighted by Crippen LogP contribution is 2.55. The molecule has 2 heterocycles. The third-order valence-electron chi connectivity index (χ3n) is 5.07. The minimum Gasteiger partial charge on any atom is -0.443 e. The summed E-state index contributed by atoms with van der Waals surface area (Å²) in [5.74, 6) is 0.416. The molecule has 1 aromatic rings. The van der Waals surface area contributed by atoms with Crippen molar-refractivity contribution in [3.8, 4) is 0 Å². The molecular weight excluding hydrogens is 302 g/mol. The number of nitrogens with one attached hydrogen (secondary N) is 1. The van der Waals surface area contributed by atoms with Crippen molar-refractivity contribution in [2.45, 2.75) is 57.3 Å². The summed E-state index contributed by atoms with van der Waals surface area (Å²) in [4.78, 5) is 12.1. The molecule has 3 rings (SSSR count). The smallest absolute Gasteiger partial charge is 0.411 e. The quantitative estimate of drug-likeness (QED) is 0.882. The van der Waals surface area contributed by atoms with Gasteiger partial charge in [-0.3, -0.25) is 5.32 Å². The van der Waals surface area contributed by atoms with Crippen molar-refractivity contribution >= 4 is 23.4 Å². The molecule has 0 spiro atoms. The highest BCUT2D eigenvalue weighted by Gasteiger charge is 2.61. The van der Waals surface area contributed by atoms with Crippen molar-refractivity contribution in [2.24, 2.45) is 5.92 Å². The zero-order valence-corrected chi connectivity index (χ0v) is 13.9. The first-order valence-electron chi connectivity index (χ1n) is 7.76. The van der Waals surface area contributed by atoms with Crippen LogP contribution < -0.4 is 5.32 Å². The van der Waals surface area contributed by atoms with Crippen LogP contribution in [0.3, 0.4) is 0 Å². The van der Waals surface area contributed by atoms with Crippen molar-refractivity contribution in [3.05, 3.63) is 29.3 Å². The summed E-state index contributed by atoms with van der Waals surface area (Å²) in [6, 6.07) is 7.02. The molecule has 2 fully saturated rings. The molecule has 0 unspecified atom stereocenters. The van der Waals surface area contributed by atoms with Crippen molar-refractivity contribution in [1.29, 1.82) is 0 Å². The van der Waals surface area contributed by atoms with Gasteiger partial charge in [0, 0.05) is 17.1 Å². The van der Waals surface area contributed by atoms with Crippen molar-refractivity contribution in [3.63, 3.8) is 0 Å². The van der Waals surface area contributed by atoms with E-state index in [0.717, 1.165) is 19.3 Å². The van der Waals surface area contributed by atoms with Crippen molar-refractivity contribution in [2.75, 3.05) is 5.32 Å². The summed E-state index contributed by atoms with van der Waals surface area (Å²) >= 11 is 5.91. The van der Waals surface area contributed by atoms with Crippen LogP contribution in [0.5, 0.6) is 0 Å². The summed E-state index contributed by atoms with van der Waals surface area (Å²) in [7, 11) is 0. The van der Waals surface area contributed by atoms with E-state index in [-0.39, 0.29) is 17.3 Å². The Balaban J connectivity index is 1.65. The van der Waals surface area contributed by atoms with Crippen molar-refractivity contribution < 1.29 is 14.3 Å². The third-order valence-corrected chi connectivity index (χ3v) is 5.30. The van der Waals surface area contributed by atoms with E-state index in [4.69, 9.17) is 21.1 Å². The van der Waals surface area contributed by atoms with Crippen molar-refractivity contribution in [1.82, 2.24) is 0 Å². The SMILES string of the molecule is CC(C)[C@]12CC[C@](C)(O1)[C@H](OC(=O)Nc1cccc(Cl)c1)C2. The van der Waals surface area contributed by atoms with Crippen LogP contribution in [0.15, 0.2) is 24.3 Å². The molecule has 1 amide bonds. The summed E-state index contributed by atoms with van der Waals surface area (Å²) < 4.78 is 11.9. The summed E-state index contributed by atoms with van der Waals surface area (Å²) in [5, 5.41) is 3.30. The molecule has 22 heavy (non-hydrogen) atoms. The maximum absolute atomic E-state index is 12.1. The van der Waals surface area contributed by atoms with E-state index in [1.807, 2.05) is 6.92 Å². The van der Waals surface area contributed by atoms with Gasteiger partial charge in [-0.15, -0.1) is 0 Å². The first-order valence-corrected chi connectivity index (χ1v) is 8.14. The van der Waals surface area contributed by atoms with Gasteiger partial charge in [0.2, 0.25) is 0 Å². The topological polar surface area (TPSA) is 47.6 Å². The molecular formula is C17H22ClNO3. The second-order valence-electron chi connectivity index (χ2n) is 6.87. The zero-order valence-electron chi connectivity index (χ0n) is 13.2. The normalized spacial score (nSPS) is 33.2. The van der Waals surface area contributed by atoms with Gasteiger partial charge < -0.3 is 9.47 Å². The first kappa shape index (κ1) is 15.6. The molecule has 4 nitrogen and oxygen atoms in total. The lowest BCUT2D eigenvalue weighted by Gasteiger charge is -2.31. The van der Waals surface area contributed by atoms with Gasteiger partial charge in [-0.2, -0.15) is 0 Å². The Hall–Kier alpha value is -1.26. The molecule has 2 saturated heterocycles. The molecule has 0 radical (unpaired) electrons. The Morgan fingerprint density at radius 3 is 2.86 bits per heavy atom. The highest BCUT2D eigenvalue weighted by atomic mass is 35.5. The van der Waals surface area contributed by atoms with E-state index in [1.54, 1.807) is 24.3 Å². The fraction of sp³-hybridized carbons (Fsp3) is 0.588. The largest absolute Gasteiger partial charge is 0.443 e. The number of ether oxygens (including phenoxy) is 2. The summed E-state index contributed by atoms with van der Waals surface area (Å²) in [6.45, 7) is 6.38. The number of fused-ring (bicyclic) bond motifs is 2. The average Bonchev–Trinajstić information content (AvgIpc) is 2.91. The van der Waals surface area contributed by atoms with Gasteiger partial charge in [-0.1, -0.05) is 31.5 Å². The number of benzene rings is 1. The number of hydrogen-bond acceptors (Lipinski definition) is 3. The molecule has 2 aliphatic heterocycles. The third kappa shape index (κ3) is 2.70. The van der Waals surface area contributed by atoms with Gasteiger partial charge in [-0.25, -0.2) is 4.79 Å². The monoisotopic (exact) mass is 323 g/mol. The van der Waals surface area contributed by atoms with Crippen LogP contribution >= 0.6 is 11.6 Å². The highest BCUT2D eigenvalue weighted by molar-refractivity contribution is 6.30. The van der Waals surface area contributed by atoms with Gasteiger partial charge in [-0.05, 0) is 43.9 Å². The van der Waals surface area contributed by atoms with Crippen LogP contribution in [-0.4, -0.2) is 23.4 Å². The second kappa shape index (κ2) is 5.43. The molecule has 1 N–H and O–H groups in total. The average molecular weight is 324 g/mol. The van der Waals surface area contributed by atoms with Crippen LogP contribution in [0, 0.1) is 5.92 Å². The fourth-order valence-electron chi connectivity index (χ4n) is 3.58. The maximum Gasteiger partial charge on any atom is 0.411 e. The van der Waals surface area contributed by atoms with E-state index >= 15 is 0 Å². The number of amides is 1. The molecule has 0 saturated carbocycles. The fourth-order valence-corrected chi connectivity index (χ4v) is 3.77. The summed E-state index contributed by atoms with van der Waals surface area (Å²) in [6.07, 6.45) is 2.08. The lowest BCUT2D eigenvalue weighted by atomic mass is 9.75. The van der Waals surface area contributed by atoms with Crippen LogP contribution in [0.1, 0.15) is 40.0 Å². The van der Waals surface area contributed by atoms with E-state index in [2.05, 4.69) is 19.2 Å². The van der Waals surface area contributed by atoms with E-state index in [1.165, 1.54) is 0 Å². The molecule has 120 valence electrons. The van der Waals surface area contributed by atoms with Crippen LogP contribution in [0.25, 0.3) is 0 Å². The van der Waals surface area contributed by atoms with E-state index < -0.39 is 6.09 Å². The maximum atomic E-state index is 12.1. The van der Waals surface area contributed by atoms with Crippen LogP contribution in [0.4, 0.5) is 10.5 Å². The van der Waals surface area contributed by atoms with Crippen LogP contribution in [-0.2, 0) is 9.47 Å². The number of rotatable bonds is 3. The van der Waals surface area contributed by atoms with Gasteiger partial charge in [0.15, 0.2) is 0 Å². The number of carbonyl (C=O) groups excluding carboxylic acids is 1.